The molecule has 1 heterocycles. The van der Waals surface area contributed by atoms with E-state index in [2.05, 4.69) is 32.3 Å². The standard InChI is InChI=1S/C12H21N5O.HI/c1-5-7-14-12(13-4)15-8-6-10-16-11(9(2)3)17-18-10;/h5,9H,1,6-8H2,2-4H3,(H2,13,14,15);1H. The number of rotatable bonds is 6. The van der Waals surface area contributed by atoms with Gasteiger partial charge in [-0.2, -0.15) is 4.98 Å². The van der Waals surface area contributed by atoms with Crippen molar-refractivity contribution in [3.8, 4) is 0 Å². The van der Waals surface area contributed by atoms with E-state index in [-0.39, 0.29) is 29.9 Å². The Labute approximate surface area is 131 Å². The fourth-order valence-electron chi connectivity index (χ4n) is 1.28. The number of nitrogens with one attached hydrogen (secondary N) is 2. The van der Waals surface area contributed by atoms with Gasteiger partial charge >= 0.3 is 0 Å². The number of nitrogens with zero attached hydrogens (tertiary/aromatic N) is 3. The van der Waals surface area contributed by atoms with Gasteiger partial charge in [0.1, 0.15) is 0 Å². The highest BCUT2D eigenvalue weighted by molar-refractivity contribution is 14.0. The normalized spacial score (nSPS) is 11.1. The van der Waals surface area contributed by atoms with Crippen molar-refractivity contribution in [3.63, 3.8) is 0 Å². The van der Waals surface area contributed by atoms with Gasteiger partial charge in [0.25, 0.3) is 0 Å². The van der Waals surface area contributed by atoms with Crippen LogP contribution >= 0.6 is 24.0 Å². The minimum absolute atomic E-state index is 0. The number of aromatic nitrogens is 2. The van der Waals surface area contributed by atoms with E-state index in [9.17, 15) is 0 Å². The van der Waals surface area contributed by atoms with E-state index < -0.39 is 0 Å². The van der Waals surface area contributed by atoms with Crippen LogP contribution in [0.3, 0.4) is 0 Å². The second-order valence-electron chi connectivity index (χ2n) is 4.12. The van der Waals surface area contributed by atoms with Crippen LogP contribution in [-0.2, 0) is 6.42 Å². The molecule has 0 aliphatic carbocycles. The summed E-state index contributed by atoms with van der Waals surface area (Å²) < 4.78 is 5.14. The molecule has 1 aromatic heterocycles. The number of guanidine groups is 1. The highest BCUT2D eigenvalue weighted by Crippen LogP contribution is 2.09. The topological polar surface area (TPSA) is 75.3 Å². The molecule has 19 heavy (non-hydrogen) atoms. The van der Waals surface area contributed by atoms with Gasteiger partial charge < -0.3 is 15.2 Å². The first kappa shape index (κ1) is 17.9. The van der Waals surface area contributed by atoms with Gasteiger partial charge in [-0.05, 0) is 0 Å². The van der Waals surface area contributed by atoms with Crippen molar-refractivity contribution >= 4 is 29.9 Å². The van der Waals surface area contributed by atoms with E-state index in [0.29, 0.717) is 25.4 Å². The fourth-order valence-corrected chi connectivity index (χ4v) is 1.28. The lowest BCUT2D eigenvalue weighted by molar-refractivity contribution is 0.371. The summed E-state index contributed by atoms with van der Waals surface area (Å²) in [7, 11) is 1.72. The highest BCUT2D eigenvalue weighted by atomic mass is 127. The molecule has 0 bridgehead atoms. The molecule has 1 rings (SSSR count). The SMILES string of the molecule is C=CCNC(=NC)NCCc1nc(C(C)C)no1.I. The van der Waals surface area contributed by atoms with Crippen molar-refractivity contribution in [2.24, 2.45) is 4.99 Å². The maximum absolute atomic E-state index is 5.14. The summed E-state index contributed by atoms with van der Waals surface area (Å²) in [6, 6.07) is 0. The predicted octanol–water partition coefficient (Wildman–Crippen LogP) is 1.70. The van der Waals surface area contributed by atoms with Gasteiger partial charge in [0.15, 0.2) is 11.8 Å². The Hall–Kier alpha value is -1.12. The largest absolute Gasteiger partial charge is 0.356 e. The van der Waals surface area contributed by atoms with Gasteiger partial charge in [-0.15, -0.1) is 30.6 Å². The van der Waals surface area contributed by atoms with E-state index in [1.807, 2.05) is 13.8 Å². The van der Waals surface area contributed by atoms with Crippen molar-refractivity contribution < 1.29 is 4.52 Å². The lowest BCUT2D eigenvalue weighted by atomic mass is 10.2. The number of hydrogen-bond acceptors (Lipinski definition) is 4. The molecule has 2 N–H and O–H groups in total. The molecule has 0 amide bonds. The quantitative estimate of drug-likeness (QED) is 0.341. The van der Waals surface area contributed by atoms with Crippen LogP contribution in [0.4, 0.5) is 0 Å². The summed E-state index contributed by atoms with van der Waals surface area (Å²) in [5.74, 6) is 2.42. The Morgan fingerprint density at radius 3 is 2.74 bits per heavy atom. The average Bonchev–Trinajstić information content (AvgIpc) is 2.82. The highest BCUT2D eigenvalue weighted by Gasteiger charge is 2.09. The molecule has 0 aliphatic heterocycles. The van der Waals surface area contributed by atoms with Crippen LogP contribution in [0.15, 0.2) is 22.2 Å². The molecule has 0 unspecified atom stereocenters. The minimum atomic E-state index is 0. The molecule has 0 radical (unpaired) electrons. The van der Waals surface area contributed by atoms with Crippen LogP contribution < -0.4 is 10.6 Å². The molecule has 0 fully saturated rings. The zero-order chi connectivity index (χ0) is 13.4. The zero-order valence-corrected chi connectivity index (χ0v) is 14.0. The first-order valence-corrected chi connectivity index (χ1v) is 6.05. The smallest absolute Gasteiger partial charge is 0.228 e. The van der Waals surface area contributed by atoms with Gasteiger partial charge in [0.2, 0.25) is 5.89 Å². The molecule has 0 aliphatic rings. The molecule has 0 atom stereocenters. The minimum Gasteiger partial charge on any atom is -0.356 e. The Morgan fingerprint density at radius 2 is 2.21 bits per heavy atom. The van der Waals surface area contributed by atoms with Crippen molar-refractivity contribution in [1.29, 1.82) is 0 Å². The summed E-state index contributed by atoms with van der Waals surface area (Å²) in [6.45, 7) is 9.08. The third-order valence-corrected chi connectivity index (χ3v) is 2.27. The lowest BCUT2D eigenvalue weighted by Gasteiger charge is -2.08. The molecule has 0 aromatic carbocycles. The Morgan fingerprint density at radius 1 is 1.47 bits per heavy atom. The summed E-state index contributed by atoms with van der Waals surface area (Å²) >= 11 is 0. The molecule has 7 heteroatoms. The second kappa shape index (κ2) is 9.76. The monoisotopic (exact) mass is 379 g/mol. The second-order valence-corrected chi connectivity index (χ2v) is 4.12. The average molecular weight is 379 g/mol. The molecule has 108 valence electrons. The third kappa shape index (κ3) is 6.55. The summed E-state index contributed by atoms with van der Waals surface area (Å²) in [6.07, 6.45) is 2.45. The Kier molecular flexibility index (Phi) is 9.19. The Bertz CT molecular complexity index is 403. The fraction of sp³-hybridized carbons (Fsp3) is 0.583. The molecule has 0 saturated carbocycles. The lowest BCUT2D eigenvalue weighted by Crippen LogP contribution is -2.38. The van der Waals surface area contributed by atoms with E-state index in [0.717, 1.165) is 11.8 Å². The van der Waals surface area contributed by atoms with Crippen LogP contribution in [-0.4, -0.2) is 36.2 Å². The molecule has 1 aromatic rings. The van der Waals surface area contributed by atoms with Gasteiger partial charge in [-0.1, -0.05) is 25.1 Å². The molecule has 0 saturated heterocycles. The van der Waals surface area contributed by atoms with Crippen LogP contribution in [0.2, 0.25) is 0 Å². The number of halogens is 1. The number of hydrogen-bond donors (Lipinski definition) is 2. The van der Waals surface area contributed by atoms with Crippen LogP contribution in [0.25, 0.3) is 0 Å². The third-order valence-electron chi connectivity index (χ3n) is 2.27. The summed E-state index contributed by atoms with van der Waals surface area (Å²) in [5, 5.41) is 10.1. The van der Waals surface area contributed by atoms with Crippen LogP contribution in [0.1, 0.15) is 31.5 Å². The van der Waals surface area contributed by atoms with Gasteiger partial charge in [0, 0.05) is 32.5 Å². The van der Waals surface area contributed by atoms with Crippen molar-refractivity contribution in [2.45, 2.75) is 26.2 Å². The first-order chi connectivity index (χ1) is 8.67. The summed E-state index contributed by atoms with van der Waals surface area (Å²) in [5.41, 5.74) is 0. The van der Waals surface area contributed by atoms with E-state index in [4.69, 9.17) is 4.52 Å². The van der Waals surface area contributed by atoms with E-state index in [1.54, 1.807) is 13.1 Å². The number of aliphatic imine (C=N–C) groups is 1. The predicted molar refractivity (Wildman–Crippen MR) is 87.1 cm³/mol. The zero-order valence-electron chi connectivity index (χ0n) is 11.6. The molecular weight excluding hydrogens is 357 g/mol. The van der Waals surface area contributed by atoms with Crippen LogP contribution in [0, 0.1) is 0 Å². The van der Waals surface area contributed by atoms with E-state index >= 15 is 0 Å². The van der Waals surface area contributed by atoms with E-state index in [1.165, 1.54) is 0 Å². The molecular formula is C12H22IN5O. The first-order valence-electron chi connectivity index (χ1n) is 6.05. The van der Waals surface area contributed by atoms with Gasteiger partial charge in [0.05, 0.1) is 0 Å². The maximum Gasteiger partial charge on any atom is 0.228 e. The van der Waals surface area contributed by atoms with Crippen molar-refractivity contribution in [3.05, 3.63) is 24.4 Å². The summed E-state index contributed by atoms with van der Waals surface area (Å²) in [4.78, 5) is 8.37. The van der Waals surface area contributed by atoms with Gasteiger partial charge in [-0.3, -0.25) is 4.99 Å². The molecule has 6 nitrogen and oxygen atoms in total. The Balaban J connectivity index is 0.00000324. The van der Waals surface area contributed by atoms with Crippen molar-refractivity contribution in [1.82, 2.24) is 20.8 Å². The molecule has 0 spiro atoms. The van der Waals surface area contributed by atoms with Crippen LogP contribution in [0.5, 0.6) is 0 Å². The van der Waals surface area contributed by atoms with Gasteiger partial charge in [-0.25, -0.2) is 0 Å². The maximum atomic E-state index is 5.14. The van der Waals surface area contributed by atoms with Crippen molar-refractivity contribution in [2.75, 3.05) is 20.1 Å².